The first-order valence-corrected chi connectivity index (χ1v) is 5.48. The molecule has 0 atom stereocenters. The van der Waals surface area contributed by atoms with Crippen LogP contribution in [-0.4, -0.2) is 11.5 Å². The van der Waals surface area contributed by atoms with E-state index in [0.717, 1.165) is 0 Å². The van der Waals surface area contributed by atoms with Crippen LogP contribution in [0.25, 0.3) is 0 Å². The molecule has 0 saturated heterocycles. The minimum atomic E-state index is -0.446. The van der Waals surface area contributed by atoms with Crippen LogP contribution >= 0.6 is 23.2 Å². The summed E-state index contributed by atoms with van der Waals surface area (Å²) in [5.41, 5.74) is 2.25. The lowest BCUT2D eigenvalue weighted by atomic mass is 10.2. The fourth-order valence-electron chi connectivity index (χ4n) is 0.943. The van der Waals surface area contributed by atoms with E-state index < -0.39 is 5.60 Å². The van der Waals surface area contributed by atoms with Crippen molar-refractivity contribution in [2.45, 2.75) is 26.4 Å². The van der Waals surface area contributed by atoms with E-state index in [1.165, 1.54) is 12.1 Å². The Morgan fingerprint density at radius 1 is 1.19 bits per heavy atom. The number of carbonyl (C=O) groups excluding carboxylic acids is 1. The predicted molar refractivity (Wildman–Crippen MR) is 64.8 cm³/mol. The average molecular weight is 262 g/mol. The van der Waals surface area contributed by atoms with Crippen LogP contribution < -0.4 is 5.48 Å². The number of hydrogen-bond donors (Lipinski definition) is 1. The van der Waals surface area contributed by atoms with Gasteiger partial charge in [-0.15, -0.1) is 0 Å². The van der Waals surface area contributed by atoms with E-state index in [2.05, 4.69) is 5.48 Å². The highest BCUT2D eigenvalue weighted by atomic mass is 35.5. The number of hydroxylamine groups is 1. The van der Waals surface area contributed by atoms with Crippen molar-refractivity contribution in [1.29, 1.82) is 0 Å². The number of rotatable bonds is 2. The molecule has 0 aliphatic heterocycles. The van der Waals surface area contributed by atoms with Gasteiger partial charge < -0.3 is 0 Å². The Bertz CT molecular complexity index is 379. The van der Waals surface area contributed by atoms with Crippen LogP contribution in [0.15, 0.2) is 18.2 Å². The molecule has 16 heavy (non-hydrogen) atoms. The second-order valence-corrected chi connectivity index (χ2v) is 5.18. The smallest absolute Gasteiger partial charge is 0.268 e. The Kier molecular flexibility index (Phi) is 4.19. The standard InChI is InChI=1S/C11H13Cl2NO2/c1-11(2,3)16-14-10(15)7-4-8(12)6-9(13)5-7/h4-6H,1-3H3,(H,14,15). The fourth-order valence-corrected chi connectivity index (χ4v) is 1.47. The van der Waals surface area contributed by atoms with E-state index in [1.54, 1.807) is 6.07 Å². The summed E-state index contributed by atoms with van der Waals surface area (Å²) in [6, 6.07) is 4.61. The molecule has 0 saturated carbocycles. The Morgan fingerprint density at radius 2 is 1.69 bits per heavy atom. The fraction of sp³-hybridized carbons (Fsp3) is 0.364. The number of carbonyl (C=O) groups is 1. The van der Waals surface area contributed by atoms with Crippen molar-refractivity contribution in [3.8, 4) is 0 Å². The van der Waals surface area contributed by atoms with Gasteiger partial charge in [0, 0.05) is 15.6 Å². The van der Waals surface area contributed by atoms with Crippen molar-refractivity contribution < 1.29 is 9.63 Å². The molecule has 5 heteroatoms. The van der Waals surface area contributed by atoms with Gasteiger partial charge in [0.1, 0.15) is 0 Å². The third-order valence-corrected chi connectivity index (χ3v) is 2.01. The lowest BCUT2D eigenvalue weighted by Gasteiger charge is -2.18. The lowest BCUT2D eigenvalue weighted by molar-refractivity contribution is -0.0589. The summed E-state index contributed by atoms with van der Waals surface area (Å²) < 4.78 is 0. The Labute approximate surface area is 105 Å². The first kappa shape index (κ1) is 13.3. The summed E-state index contributed by atoms with van der Waals surface area (Å²) in [4.78, 5) is 16.8. The summed E-state index contributed by atoms with van der Waals surface area (Å²) in [7, 11) is 0. The molecule has 0 bridgehead atoms. The summed E-state index contributed by atoms with van der Waals surface area (Å²) in [6.45, 7) is 5.49. The van der Waals surface area contributed by atoms with Gasteiger partial charge in [-0.3, -0.25) is 9.63 Å². The van der Waals surface area contributed by atoms with Crippen LogP contribution in [0.5, 0.6) is 0 Å². The molecule has 0 spiro atoms. The quantitative estimate of drug-likeness (QED) is 0.829. The van der Waals surface area contributed by atoms with Crippen molar-refractivity contribution in [2.75, 3.05) is 0 Å². The molecule has 1 rings (SSSR count). The van der Waals surface area contributed by atoms with Gasteiger partial charge in [0.2, 0.25) is 0 Å². The molecule has 88 valence electrons. The summed E-state index contributed by atoms with van der Waals surface area (Å²) in [6.07, 6.45) is 0. The van der Waals surface area contributed by atoms with Gasteiger partial charge in [0.05, 0.1) is 5.60 Å². The van der Waals surface area contributed by atoms with Gasteiger partial charge in [-0.25, -0.2) is 5.48 Å². The zero-order chi connectivity index (χ0) is 12.3. The molecule has 1 amide bonds. The van der Waals surface area contributed by atoms with E-state index in [9.17, 15) is 4.79 Å². The minimum absolute atomic E-state index is 0.363. The van der Waals surface area contributed by atoms with Crippen molar-refractivity contribution >= 4 is 29.1 Å². The molecule has 0 aliphatic rings. The van der Waals surface area contributed by atoms with Crippen LogP contribution in [-0.2, 0) is 4.84 Å². The van der Waals surface area contributed by atoms with E-state index in [-0.39, 0.29) is 5.91 Å². The normalized spacial score (nSPS) is 11.3. The maximum Gasteiger partial charge on any atom is 0.274 e. The topological polar surface area (TPSA) is 38.3 Å². The van der Waals surface area contributed by atoms with Crippen LogP contribution in [0.4, 0.5) is 0 Å². The van der Waals surface area contributed by atoms with E-state index in [1.807, 2.05) is 20.8 Å². The molecule has 0 heterocycles. The zero-order valence-electron chi connectivity index (χ0n) is 9.30. The van der Waals surface area contributed by atoms with E-state index >= 15 is 0 Å². The van der Waals surface area contributed by atoms with Gasteiger partial charge in [-0.2, -0.15) is 0 Å². The molecule has 0 unspecified atom stereocenters. The first-order chi connectivity index (χ1) is 7.28. The van der Waals surface area contributed by atoms with Crippen LogP contribution in [0, 0.1) is 0 Å². The molecule has 1 aromatic carbocycles. The first-order valence-electron chi connectivity index (χ1n) is 4.72. The van der Waals surface area contributed by atoms with Gasteiger partial charge in [-0.05, 0) is 39.0 Å². The molecule has 1 N–H and O–H groups in total. The number of hydrogen-bond acceptors (Lipinski definition) is 2. The minimum Gasteiger partial charge on any atom is -0.268 e. The molecular formula is C11H13Cl2NO2. The average Bonchev–Trinajstić information content (AvgIpc) is 2.11. The van der Waals surface area contributed by atoms with Crippen molar-refractivity contribution in [1.82, 2.24) is 5.48 Å². The van der Waals surface area contributed by atoms with Crippen LogP contribution in [0.1, 0.15) is 31.1 Å². The SMILES string of the molecule is CC(C)(C)ONC(=O)c1cc(Cl)cc(Cl)c1. The third kappa shape index (κ3) is 4.39. The van der Waals surface area contributed by atoms with Gasteiger partial charge in [-0.1, -0.05) is 23.2 Å². The maximum absolute atomic E-state index is 11.6. The number of benzene rings is 1. The third-order valence-electron chi connectivity index (χ3n) is 1.57. The zero-order valence-corrected chi connectivity index (χ0v) is 10.8. The molecule has 0 aromatic heterocycles. The van der Waals surface area contributed by atoms with Crippen LogP contribution in [0.2, 0.25) is 10.0 Å². The van der Waals surface area contributed by atoms with Gasteiger partial charge in [0.15, 0.2) is 0 Å². The highest BCUT2D eigenvalue weighted by molar-refractivity contribution is 6.35. The number of halogens is 2. The second kappa shape index (κ2) is 5.04. The highest BCUT2D eigenvalue weighted by Crippen LogP contribution is 2.19. The molecular weight excluding hydrogens is 249 g/mol. The van der Waals surface area contributed by atoms with Gasteiger partial charge in [0.25, 0.3) is 5.91 Å². The largest absolute Gasteiger partial charge is 0.274 e. The van der Waals surface area contributed by atoms with Crippen molar-refractivity contribution in [3.63, 3.8) is 0 Å². The Hall–Kier alpha value is -0.770. The molecule has 0 radical (unpaired) electrons. The summed E-state index contributed by atoms with van der Waals surface area (Å²) in [5, 5.41) is 0.821. The maximum atomic E-state index is 11.6. The van der Waals surface area contributed by atoms with Crippen LogP contribution in [0.3, 0.4) is 0 Å². The monoisotopic (exact) mass is 261 g/mol. The molecule has 0 fully saturated rings. The Balaban J connectivity index is 2.73. The van der Waals surface area contributed by atoms with E-state index in [4.69, 9.17) is 28.0 Å². The number of amides is 1. The number of nitrogens with one attached hydrogen (secondary N) is 1. The summed E-state index contributed by atoms with van der Waals surface area (Å²) in [5.74, 6) is -0.376. The molecule has 0 aliphatic carbocycles. The van der Waals surface area contributed by atoms with Crippen molar-refractivity contribution in [2.24, 2.45) is 0 Å². The Morgan fingerprint density at radius 3 is 2.12 bits per heavy atom. The van der Waals surface area contributed by atoms with Gasteiger partial charge >= 0.3 is 0 Å². The molecule has 3 nitrogen and oxygen atoms in total. The summed E-state index contributed by atoms with van der Waals surface area (Å²) >= 11 is 11.6. The second-order valence-electron chi connectivity index (χ2n) is 4.30. The molecule has 1 aromatic rings. The lowest BCUT2D eigenvalue weighted by Crippen LogP contribution is -2.33. The van der Waals surface area contributed by atoms with E-state index in [0.29, 0.717) is 15.6 Å². The highest BCUT2D eigenvalue weighted by Gasteiger charge is 2.14. The predicted octanol–water partition coefficient (Wildman–Crippen LogP) is 3.45. The van der Waals surface area contributed by atoms with Crippen molar-refractivity contribution in [3.05, 3.63) is 33.8 Å².